The number of rotatable bonds is 2. The first kappa shape index (κ1) is 17.0. The molecule has 2 saturated heterocycles. The molecule has 1 atom stereocenters. The smallest absolute Gasteiger partial charge is 0.228 e. The summed E-state index contributed by atoms with van der Waals surface area (Å²) < 4.78 is 0. The van der Waals surface area contributed by atoms with E-state index in [0.717, 1.165) is 49.1 Å². The van der Waals surface area contributed by atoms with Crippen LogP contribution < -0.4 is 4.90 Å². The van der Waals surface area contributed by atoms with Gasteiger partial charge in [0, 0.05) is 38.0 Å². The molecule has 2 fully saturated rings. The SMILES string of the molecule is CN1CCCN(C(=O)C2CC(=O)N(c3cccc4ccccc34)C2)CC1. The van der Waals surface area contributed by atoms with Crippen molar-refractivity contribution >= 4 is 28.3 Å². The molecule has 0 bridgehead atoms. The third-order valence-electron chi connectivity index (χ3n) is 5.56. The van der Waals surface area contributed by atoms with Gasteiger partial charge in [-0.25, -0.2) is 0 Å². The van der Waals surface area contributed by atoms with Crippen LogP contribution in [0.25, 0.3) is 10.8 Å². The molecule has 2 aliphatic rings. The Balaban J connectivity index is 1.54. The van der Waals surface area contributed by atoms with Gasteiger partial charge in [-0.1, -0.05) is 36.4 Å². The van der Waals surface area contributed by atoms with Crippen molar-refractivity contribution in [3.8, 4) is 0 Å². The maximum Gasteiger partial charge on any atom is 0.228 e. The molecule has 5 heteroatoms. The monoisotopic (exact) mass is 351 g/mol. The van der Waals surface area contributed by atoms with Gasteiger partial charge < -0.3 is 14.7 Å². The highest BCUT2D eigenvalue weighted by atomic mass is 16.2. The van der Waals surface area contributed by atoms with Crippen LogP contribution in [0.3, 0.4) is 0 Å². The zero-order chi connectivity index (χ0) is 18.1. The van der Waals surface area contributed by atoms with Gasteiger partial charge in [0.2, 0.25) is 11.8 Å². The summed E-state index contributed by atoms with van der Waals surface area (Å²) in [6.45, 7) is 3.96. The van der Waals surface area contributed by atoms with E-state index in [1.807, 2.05) is 35.2 Å². The first-order valence-corrected chi connectivity index (χ1v) is 9.39. The molecular weight excluding hydrogens is 326 g/mol. The van der Waals surface area contributed by atoms with E-state index in [1.54, 1.807) is 4.90 Å². The minimum absolute atomic E-state index is 0.0478. The summed E-state index contributed by atoms with van der Waals surface area (Å²) in [7, 11) is 2.09. The molecule has 1 unspecified atom stereocenters. The van der Waals surface area contributed by atoms with Crippen LogP contribution in [-0.4, -0.2) is 61.4 Å². The maximum absolute atomic E-state index is 13.0. The van der Waals surface area contributed by atoms with Crippen molar-refractivity contribution in [1.82, 2.24) is 9.80 Å². The Morgan fingerprint density at radius 1 is 1.00 bits per heavy atom. The van der Waals surface area contributed by atoms with Gasteiger partial charge in [-0.05, 0) is 31.5 Å². The second kappa shape index (κ2) is 7.08. The highest BCUT2D eigenvalue weighted by Gasteiger charge is 2.37. The van der Waals surface area contributed by atoms with Gasteiger partial charge >= 0.3 is 0 Å². The summed E-state index contributed by atoms with van der Waals surface area (Å²) in [6, 6.07) is 14.1. The number of benzene rings is 2. The van der Waals surface area contributed by atoms with Crippen LogP contribution in [0, 0.1) is 5.92 Å². The fourth-order valence-electron chi connectivity index (χ4n) is 4.07. The molecule has 4 rings (SSSR count). The van der Waals surface area contributed by atoms with E-state index in [0.29, 0.717) is 13.0 Å². The van der Waals surface area contributed by atoms with Crippen LogP contribution in [-0.2, 0) is 9.59 Å². The van der Waals surface area contributed by atoms with E-state index in [-0.39, 0.29) is 17.7 Å². The Hall–Kier alpha value is -2.40. The Morgan fingerprint density at radius 2 is 1.81 bits per heavy atom. The van der Waals surface area contributed by atoms with E-state index in [4.69, 9.17) is 0 Å². The number of hydrogen-bond acceptors (Lipinski definition) is 3. The zero-order valence-corrected chi connectivity index (χ0v) is 15.2. The maximum atomic E-state index is 13.0. The van der Waals surface area contributed by atoms with Gasteiger partial charge in [-0.15, -0.1) is 0 Å². The first-order valence-electron chi connectivity index (χ1n) is 9.39. The summed E-state index contributed by atoms with van der Waals surface area (Å²) in [4.78, 5) is 31.7. The second-order valence-corrected chi connectivity index (χ2v) is 7.39. The largest absolute Gasteiger partial charge is 0.341 e. The second-order valence-electron chi connectivity index (χ2n) is 7.39. The Bertz CT molecular complexity index is 830. The normalized spacial score (nSPS) is 22.0. The molecule has 0 aromatic heterocycles. The molecule has 26 heavy (non-hydrogen) atoms. The standard InChI is InChI=1S/C21H25N3O2/c1-22-10-5-11-23(13-12-22)21(26)17-14-20(25)24(15-17)19-9-4-7-16-6-2-3-8-18(16)19/h2-4,6-9,17H,5,10-15H2,1H3. The number of hydrogen-bond donors (Lipinski definition) is 0. The van der Waals surface area contributed by atoms with Crippen molar-refractivity contribution < 1.29 is 9.59 Å². The average Bonchev–Trinajstić information content (AvgIpc) is 2.91. The van der Waals surface area contributed by atoms with E-state index in [9.17, 15) is 9.59 Å². The highest BCUT2D eigenvalue weighted by molar-refractivity contribution is 6.06. The van der Waals surface area contributed by atoms with Crippen LogP contribution >= 0.6 is 0 Å². The van der Waals surface area contributed by atoms with Gasteiger partial charge in [0.25, 0.3) is 0 Å². The fourth-order valence-corrected chi connectivity index (χ4v) is 4.07. The number of amides is 2. The number of anilines is 1. The van der Waals surface area contributed by atoms with Crippen LogP contribution in [0.4, 0.5) is 5.69 Å². The predicted molar refractivity (Wildman–Crippen MR) is 103 cm³/mol. The van der Waals surface area contributed by atoms with E-state index in [2.05, 4.69) is 24.1 Å². The Labute approximate surface area is 154 Å². The fraction of sp³-hybridized carbons (Fsp3) is 0.429. The minimum atomic E-state index is -0.232. The molecule has 2 aliphatic heterocycles. The molecule has 2 heterocycles. The lowest BCUT2D eigenvalue weighted by Crippen LogP contribution is -2.39. The van der Waals surface area contributed by atoms with Crippen molar-refractivity contribution in [3.63, 3.8) is 0 Å². The molecule has 0 spiro atoms. The van der Waals surface area contributed by atoms with Gasteiger partial charge in [0.05, 0.1) is 11.6 Å². The van der Waals surface area contributed by atoms with Crippen LogP contribution in [0.1, 0.15) is 12.8 Å². The molecule has 0 aliphatic carbocycles. The molecule has 0 radical (unpaired) electrons. The lowest BCUT2D eigenvalue weighted by Gasteiger charge is -2.24. The Kier molecular flexibility index (Phi) is 4.64. The zero-order valence-electron chi connectivity index (χ0n) is 15.2. The first-order chi connectivity index (χ1) is 12.6. The van der Waals surface area contributed by atoms with Crippen molar-refractivity contribution in [1.29, 1.82) is 0 Å². The summed E-state index contributed by atoms with van der Waals surface area (Å²) >= 11 is 0. The van der Waals surface area contributed by atoms with Crippen molar-refractivity contribution in [3.05, 3.63) is 42.5 Å². The highest BCUT2D eigenvalue weighted by Crippen LogP contribution is 2.32. The number of fused-ring (bicyclic) bond motifs is 1. The third kappa shape index (κ3) is 3.19. The summed E-state index contributed by atoms with van der Waals surface area (Å²) in [5.41, 5.74) is 0.916. The number of likely N-dealkylation sites (N-methyl/N-ethyl adjacent to an activating group) is 1. The van der Waals surface area contributed by atoms with E-state index >= 15 is 0 Å². The Morgan fingerprint density at radius 3 is 2.69 bits per heavy atom. The average molecular weight is 351 g/mol. The minimum Gasteiger partial charge on any atom is -0.341 e. The lowest BCUT2D eigenvalue weighted by molar-refractivity contribution is -0.135. The summed E-state index contributed by atoms with van der Waals surface area (Å²) in [5.74, 6) is -0.0482. The van der Waals surface area contributed by atoms with Gasteiger partial charge in [0.15, 0.2) is 0 Å². The number of carbonyl (C=O) groups excluding carboxylic acids is 2. The quantitative estimate of drug-likeness (QED) is 0.834. The van der Waals surface area contributed by atoms with Crippen molar-refractivity contribution in [2.24, 2.45) is 5.92 Å². The van der Waals surface area contributed by atoms with Crippen molar-refractivity contribution in [2.45, 2.75) is 12.8 Å². The number of carbonyl (C=O) groups is 2. The molecule has 2 amide bonds. The molecule has 2 aromatic carbocycles. The van der Waals surface area contributed by atoms with Crippen LogP contribution in [0.15, 0.2) is 42.5 Å². The molecular formula is C21H25N3O2. The lowest BCUT2D eigenvalue weighted by atomic mass is 10.1. The van der Waals surface area contributed by atoms with Gasteiger partial charge in [0.1, 0.15) is 0 Å². The third-order valence-corrected chi connectivity index (χ3v) is 5.56. The van der Waals surface area contributed by atoms with Crippen molar-refractivity contribution in [2.75, 3.05) is 44.7 Å². The predicted octanol–water partition coefficient (Wildman–Crippen LogP) is 2.36. The topological polar surface area (TPSA) is 43.9 Å². The molecule has 0 N–H and O–H groups in total. The molecule has 5 nitrogen and oxygen atoms in total. The van der Waals surface area contributed by atoms with Crippen LogP contribution in [0.5, 0.6) is 0 Å². The van der Waals surface area contributed by atoms with Gasteiger partial charge in [-0.2, -0.15) is 0 Å². The van der Waals surface area contributed by atoms with E-state index < -0.39 is 0 Å². The summed E-state index contributed by atoms with van der Waals surface area (Å²) in [6.07, 6.45) is 1.31. The molecule has 0 saturated carbocycles. The van der Waals surface area contributed by atoms with E-state index in [1.165, 1.54) is 0 Å². The number of nitrogens with zero attached hydrogens (tertiary/aromatic N) is 3. The van der Waals surface area contributed by atoms with Crippen LogP contribution in [0.2, 0.25) is 0 Å². The van der Waals surface area contributed by atoms with Gasteiger partial charge in [-0.3, -0.25) is 9.59 Å². The molecule has 2 aromatic rings. The molecule has 136 valence electrons. The summed E-state index contributed by atoms with van der Waals surface area (Å²) in [5, 5.41) is 2.18.